The van der Waals surface area contributed by atoms with Gasteiger partial charge in [0.25, 0.3) is 0 Å². The predicted molar refractivity (Wildman–Crippen MR) is 63.3 cm³/mol. The Morgan fingerprint density at radius 3 is 2.81 bits per heavy atom. The van der Waals surface area contributed by atoms with Gasteiger partial charge in [0, 0.05) is 16.8 Å². The van der Waals surface area contributed by atoms with E-state index in [1.54, 1.807) is 0 Å². The van der Waals surface area contributed by atoms with E-state index in [1.165, 1.54) is 18.4 Å². The molecule has 3 heteroatoms. The van der Waals surface area contributed by atoms with Gasteiger partial charge in [-0.25, -0.2) is 0 Å². The molecule has 1 aliphatic rings. The first-order chi connectivity index (χ1) is 7.63. The fraction of sp³-hybridized carbons (Fsp3) is 0.462. The zero-order valence-corrected chi connectivity index (χ0v) is 9.66. The summed E-state index contributed by atoms with van der Waals surface area (Å²) in [5.74, 6) is 0. The fourth-order valence-corrected chi connectivity index (χ4v) is 2.51. The minimum Gasteiger partial charge on any atom is -0.356 e. The molecule has 1 atom stereocenters. The van der Waals surface area contributed by atoms with Crippen LogP contribution in [0, 0.1) is 6.92 Å². The summed E-state index contributed by atoms with van der Waals surface area (Å²) in [5.41, 5.74) is 9.38. The molecule has 1 unspecified atom stereocenters. The monoisotopic (exact) mass is 216 g/mol. The van der Waals surface area contributed by atoms with E-state index in [-0.39, 0.29) is 11.5 Å². The van der Waals surface area contributed by atoms with Crippen molar-refractivity contribution in [3.8, 4) is 0 Å². The van der Waals surface area contributed by atoms with Gasteiger partial charge in [-0.3, -0.25) is 0 Å². The van der Waals surface area contributed by atoms with Gasteiger partial charge in [0.05, 0.1) is 5.69 Å². The van der Waals surface area contributed by atoms with Crippen LogP contribution in [0.5, 0.6) is 0 Å². The van der Waals surface area contributed by atoms with E-state index in [9.17, 15) is 0 Å². The van der Waals surface area contributed by atoms with E-state index >= 15 is 0 Å². The standard InChI is InChI=1S/C13H16N2O/c1-8-11-4-3-10(7-12(11)16-15-8)13(5-6-13)9(2)14/h3-4,7,9H,5-6,14H2,1-2H3. The third-order valence-electron chi connectivity index (χ3n) is 3.89. The van der Waals surface area contributed by atoms with Crippen molar-refractivity contribution in [2.75, 3.05) is 0 Å². The van der Waals surface area contributed by atoms with Gasteiger partial charge in [-0.15, -0.1) is 0 Å². The summed E-state index contributed by atoms with van der Waals surface area (Å²) >= 11 is 0. The largest absolute Gasteiger partial charge is 0.356 e. The van der Waals surface area contributed by atoms with Crippen LogP contribution in [-0.2, 0) is 5.41 Å². The number of aromatic nitrogens is 1. The van der Waals surface area contributed by atoms with Crippen molar-refractivity contribution < 1.29 is 4.52 Å². The van der Waals surface area contributed by atoms with E-state index in [0.29, 0.717) is 0 Å². The summed E-state index contributed by atoms with van der Waals surface area (Å²) in [6, 6.07) is 6.57. The van der Waals surface area contributed by atoms with Crippen LogP contribution in [0.2, 0.25) is 0 Å². The van der Waals surface area contributed by atoms with Crippen LogP contribution in [-0.4, -0.2) is 11.2 Å². The fourth-order valence-electron chi connectivity index (χ4n) is 2.51. The van der Waals surface area contributed by atoms with Crippen molar-refractivity contribution >= 4 is 11.0 Å². The zero-order chi connectivity index (χ0) is 11.3. The maximum atomic E-state index is 6.07. The van der Waals surface area contributed by atoms with Crippen LogP contribution in [0.3, 0.4) is 0 Å². The third kappa shape index (κ3) is 1.21. The van der Waals surface area contributed by atoms with E-state index < -0.39 is 0 Å². The Morgan fingerprint density at radius 2 is 2.19 bits per heavy atom. The van der Waals surface area contributed by atoms with Gasteiger partial charge in [0.2, 0.25) is 0 Å². The number of rotatable bonds is 2. The van der Waals surface area contributed by atoms with E-state index in [4.69, 9.17) is 10.3 Å². The highest BCUT2D eigenvalue weighted by Crippen LogP contribution is 2.50. The number of nitrogens with zero attached hydrogens (tertiary/aromatic N) is 1. The molecule has 0 radical (unpaired) electrons. The molecule has 0 bridgehead atoms. The minimum atomic E-state index is 0.189. The smallest absolute Gasteiger partial charge is 0.167 e. The molecule has 1 aromatic heterocycles. The number of nitrogens with two attached hydrogens (primary N) is 1. The molecule has 1 heterocycles. The van der Waals surface area contributed by atoms with Crippen LogP contribution in [0.1, 0.15) is 31.0 Å². The SMILES string of the molecule is Cc1noc2cc(C3(C(C)N)CC3)ccc12. The summed E-state index contributed by atoms with van der Waals surface area (Å²) < 4.78 is 5.30. The second-order valence-electron chi connectivity index (χ2n) is 4.92. The Balaban J connectivity index is 2.12. The van der Waals surface area contributed by atoms with E-state index in [2.05, 4.69) is 30.3 Å². The van der Waals surface area contributed by atoms with Crippen molar-refractivity contribution in [2.24, 2.45) is 5.73 Å². The van der Waals surface area contributed by atoms with Crippen LogP contribution in [0.4, 0.5) is 0 Å². The molecule has 3 rings (SSSR count). The number of hydrogen-bond acceptors (Lipinski definition) is 3. The van der Waals surface area contributed by atoms with Crippen molar-refractivity contribution in [1.82, 2.24) is 5.16 Å². The molecule has 1 aliphatic carbocycles. The molecule has 16 heavy (non-hydrogen) atoms. The lowest BCUT2D eigenvalue weighted by atomic mass is 9.89. The van der Waals surface area contributed by atoms with Gasteiger partial charge in [0.15, 0.2) is 5.58 Å². The summed E-state index contributed by atoms with van der Waals surface area (Å²) in [6.45, 7) is 4.05. The molecule has 1 saturated carbocycles. The summed E-state index contributed by atoms with van der Waals surface area (Å²) in [6.07, 6.45) is 2.37. The van der Waals surface area contributed by atoms with Crippen LogP contribution in [0.25, 0.3) is 11.0 Å². The highest BCUT2D eigenvalue weighted by Gasteiger charge is 2.47. The van der Waals surface area contributed by atoms with Gasteiger partial charge >= 0.3 is 0 Å². The highest BCUT2D eigenvalue weighted by atomic mass is 16.5. The Labute approximate surface area is 94.6 Å². The van der Waals surface area contributed by atoms with Gasteiger partial charge < -0.3 is 10.3 Å². The van der Waals surface area contributed by atoms with Crippen molar-refractivity contribution in [3.63, 3.8) is 0 Å². The first-order valence-corrected chi connectivity index (χ1v) is 5.75. The molecule has 3 nitrogen and oxygen atoms in total. The lowest BCUT2D eigenvalue weighted by molar-refractivity contribution is 0.449. The molecule has 1 aromatic carbocycles. The lowest BCUT2D eigenvalue weighted by Crippen LogP contribution is -2.31. The number of fused-ring (bicyclic) bond motifs is 1. The number of benzene rings is 1. The maximum Gasteiger partial charge on any atom is 0.167 e. The number of aryl methyl sites for hydroxylation is 1. The molecule has 0 amide bonds. The molecule has 0 spiro atoms. The summed E-state index contributed by atoms with van der Waals surface area (Å²) in [5, 5.41) is 5.08. The second-order valence-corrected chi connectivity index (χ2v) is 4.92. The molecule has 84 valence electrons. The topological polar surface area (TPSA) is 52.0 Å². The minimum absolute atomic E-state index is 0.189. The van der Waals surface area contributed by atoms with Gasteiger partial charge in [-0.1, -0.05) is 11.2 Å². The Bertz CT molecular complexity index is 538. The summed E-state index contributed by atoms with van der Waals surface area (Å²) in [4.78, 5) is 0. The molecular weight excluding hydrogens is 200 g/mol. The molecular formula is C13H16N2O. The molecule has 1 fully saturated rings. The van der Waals surface area contributed by atoms with Crippen LogP contribution < -0.4 is 5.73 Å². The van der Waals surface area contributed by atoms with E-state index in [0.717, 1.165) is 16.7 Å². The highest BCUT2D eigenvalue weighted by molar-refractivity contribution is 5.80. The molecule has 0 saturated heterocycles. The quantitative estimate of drug-likeness (QED) is 0.839. The number of hydrogen-bond donors (Lipinski definition) is 1. The van der Waals surface area contributed by atoms with Gasteiger partial charge in [-0.2, -0.15) is 0 Å². The van der Waals surface area contributed by atoms with Crippen molar-refractivity contribution in [1.29, 1.82) is 0 Å². The Morgan fingerprint density at radius 1 is 1.44 bits per heavy atom. The van der Waals surface area contributed by atoms with Gasteiger partial charge in [0.1, 0.15) is 0 Å². The normalized spacial score (nSPS) is 19.9. The first-order valence-electron chi connectivity index (χ1n) is 5.75. The zero-order valence-electron chi connectivity index (χ0n) is 9.66. The first kappa shape index (κ1) is 9.85. The maximum absolute atomic E-state index is 6.07. The molecule has 2 N–H and O–H groups in total. The lowest BCUT2D eigenvalue weighted by Gasteiger charge is -2.19. The van der Waals surface area contributed by atoms with Crippen LogP contribution >= 0.6 is 0 Å². The van der Waals surface area contributed by atoms with Crippen molar-refractivity contribution in [2.45, 2.75) is 38.1 Å². The predicted octanol–water partition coefficient (Wildman–Crippen LogP) is 2.52. The van der Waals surface area contributed by atoms with Crippen LogP contribution in [0.15, 0.2) is 22.7 Å². The third-order valence-corrected chi connectivity index (χ3v) is 3.89. The second kappa shape index (κ2) is 3.08. The average molecular weight is 216 g/mol. The Kier molecular flexibility index (Phi) is 1.89. The molecule has 2 aromatic rings. The average Bonchev–Trinajstić information content (AvgIpc) is 3.00. The summed E-state index contributed by atoms with van der Waals surface area (Å²) in [7, 11) is 0. The van der Waals surface area contributed by atoms with Gasteiger partial charge in [-0.05, 0) is 44.4 Å². The van der Waals surface area contributed by atoms with Crippen molar-refractivity contribution in [3.05, 3.63) is 29.5 Å². The van der Waals surface area contributed by atoms with E-state index in [1.807, 2.05) is 6.92 Å². The molecule has 0 aliphatic heterocycles. The Hall–Kier alpha value is -1.35.